The van der Waals surface area contributed by atoms with Crippen LogP contribution in [0.15, 0.2) is 0 Å². The molecule has 5 nitrogen and oxygen atoms in total. The number of carbonyl (C=O) groups is 1. The van der Waals surface area contributed by atoms with Crippen LogP contribution in [0.2, 0.25) is 0 Å². The second kappa shape index (κ2) is 7.47. The van der Waals surface area contributed by atoms with Crippen LogP contribution in [-0.2, 0) is 9.84 Å². The van der Waals surface area contributed by atoms with Gasteiger partial charge in [-0.25, -0.2) is 13.2 Å². The first-order valence-electron chi connectivity index (χ1n) is 8.19. The molecule has 2 amide bonds. The predicted octanol–water partition coefficient (Wildman–Crippen LogP) is 2.18. The highest BCUT2D eigenvalue weighted by molar-refractivity contribution is 7.91. The summed E-state index contributed by atoms with van der Waals surface area (Å²) < 4.78 is 23.8. The van der Waals surface area contributed by atoms with E-state index in [0.717, 1.165) is 32.1 Å². The number of rotatable bonds is 6. The fourth-order valence-electron chi connectivity index (χ4n) is 3.17. The van der Waals surface area contributed by atoms with Gasteiger partial charge in [-0.1, -0.05) is 25.7 Å². The Morgan fingerprint density at radius 2 is 1.76 bits per heavy atom. The normalized spacial score (nSPS) is 20.8. The lowest BCUT2D eigenvalue weighted by atomic mass is 9.87. The number of nitrogens with zero attached hydrogens (tertiary/aromatic N) is 1. The summed E-state index contributed by atoms with van der Waals surface area (Å²) >= 11 is 0. The minimum Gasteiger partial charge on any atom is -0.337 e. The van der Waals surface area contributed by atoms with Gasteiger partial charge in [-0.2, -0.15) is 0 Å². The standard InChI is InChI=1S/C15H28N2O3S/c1-17(14-8-3-2-4-9-14)15(18)16-10-11-21(19,20)12-13-6-5-7-13/h13-14H,2-12H2,1H3,(H,16,18). The van der Waals surface area contributed by atoms with Crippen molar-refractivity contribution in [2.45, 2.75) is 57.4 Å². The molecule has 0 saturated heterocycles. The number of hydrogen-bond acceptors (Lipinski definition) is 3. The second-order valence-corrected chi connectivity index (χ2v) is 8.77. The zero-order valence-electron chi connectivity index (χ0n) is 13.0. The molecule has 0 heterocycles. The molecule has 0 aromatic heterocycles. The third-order valence-corrected chi connectivity index (χ3v) is 6.65. The zero-order chi connectivity index (χ0) is 15.3. The van der Waals surface area contributed by atoms with Gasteiger partial charge in [0.25, 0.3) is 0 Å². The lowest BCUT2D eigenvalue weighted by molar-refractivity contribution is 0.174. The van der Waals surface area contributed by atoms with Gasteiger partial charge in [0.1, 0.15) is 0 Å². The average Bonchev–Trinajstić information content (AvgIpc) is 2.43. The summed E-state index contributed by atoms with van der Waals surface area (Å²) in [5, 5.41) is 2.75. The first kappa shape index (κ1) is 16.6. The van der Waals surface area contributed by atoms with Crippen LogP contribution in [0, 0.1) is 5.92 Å². The molecule has 0 spiro atoms. The summed E-state index contributed by atoms with van der Waals surface area (Å²) in [6, 6.07) is 0.172. The molecule has 2 aliphatic carbocycles. The average molecular weight is 316 g/mol. The number of carbonyl (C=O) groups excluding carboxylic acids is 1. The van der Waals surface area contributed by atoms with Crippen molar-refractivity contribution in [3.8, 4) is 0 Å². The molecule has 2 aliphatic rings. The molecule has 2 fully saturated rings. The topological polar surface area (TPSA) is 66.5 Å². The van der Waals surface area contributed by atoms with Crippen LogP contribution in [0.4, 0.5) is 4.79 Å². The molecule has 122 valence electrons. The monoisotopic (exact) mass is 316 g/mol. The molecule has 0 radical (unpaired) electrons. The van der Waals surface area contributed by atoms with Crippen molar-refractivity contribution in [3.05, 3.63) is 0 Å². The van der Waals surface area contributed by atoms with Gasteiger partial charge in [0.05, 0.1) is 11.5 Å². The first-order chi connectivity index (χ1) is 9.98. The second-order valence-electron chi connectivity index (χ2n) is 6.55. The van der Waals surface area contributed by atoms with Gasteiger partial charge in [-0.3, -0.25) is 0 Å². The maximum absolute atomic E-state index is 12.0. The molecule has 21 heavy (non-hydrogen) atoms. The lowest BCUT2D eigenvalue weighted by Gasteiger charge is -2.31. The molecule has 2 saturated carbocycles. The van der Waals surface area contributed by atoms with Gasteiger partial charge in [-0.15, -0.1) is 0 Å². The van der Waals surface area contributed by atoms with E-state index in [1.807, 2.05) is 7.05 Å². The Balaban J connectivity index is 1.67. The lowest BCUT2D eigenvalue weighted by Crippen LogP contribution is -2.45. The van der Waals surface area contributed by atoms with Crippen LogP contribution >= 0.6 is 0 Å². The third kappa shape index (κ3) is 5.16. The fraction of sp³-hybridized carbons (Fsp3) is 0.933. The van der Waals surface area contributed by atoms with E-state index in [4.69, 9.17) is 0 Å². The largest absolute Gasteiger partial charge is 0.337 e. The van der Waals surface area contributed by atoms with Crippen molar-refractivity contribution < 1.29 is 13.2 Å². The Kier molecular flexibility index (Phi) is 5.90. The number of sulfone groups is 1. The summed E-state index contributed by atoms with van der Waals surface area (Å²) in [5.41, 5.74) is 0. The maximum Gasteiger partial charge on any atom is 0.317 e. The van der Waals surface area contributed by atoms with Crippen LogP contribution in [0.1, 0.15) is 51.4 Å². The number of nitrogens with one attached hydrogen (secondary N) is 1. The molecule has 0 aliphatic heterocycles. The quantitative estimate of drug-likeness (QED) is 0.816. The van der Waals surface area contributed by atoms with Crippen LogP contribution in [0.5, 0.6) is 0 Å². The Morgan fingerprint density at radius 3 is 2.33 bits per heavy atom. The minimum atomic E-state index is -3.02. The van der Waals surface area contributed by atoms with E-state index >= 15 is 0 Å². The maximum atomic E-state index is 12.0. The van der Waals surface area contributed by atoms with Crippen molar-refractivity contribution in [1.29, 1.82) is 0 Å². The molecular weight excluding hydrogens is 288 g/mol. The van der Waals surface area contributed by atoms with E-state index in [2.05, 4.69) is 5.32 Å². The van der Waals surface area contributed by atoms with E-state index in [9.17, 15) is 13.2 Å². The molecule has 6 heteroatoms. The summed E-state index contributed by atoms with van der Waals surface area (Å²) in [5.74, 6) is 0.713. The van der Waals surface area contributed by atoms with Crippen LogP contribution in [-0.4, -0.2) is 50.5 Å². The highest BCUT2D eigenvalue weighted by Gasteiger charge is 2.25. The summed E-state index contributed by atoms with van der Waals surface area (Å²) in [6.45, 7) is 0.227. The Bertz CT molecular complexity index is 440. The van der Waals surface area contributed by atoms with Crippen molar-refractivity contribution in [2.24, 2.45) is 5.92 Å². The molecule has 0 aromatic rings. The van der Waals surface area contributed by atoms with Crippen molar-refractivity contribution >= 4 is 15.9 Å². The molecule has 0 aromatic carbocycles. The molecule has 0 unspecified atom stereocenters. The van der Waals surface area contributed by atoms with Gasteiger partial charge in [0.2, 0.25) is 0 Å². The van der Waals surface area contributed by atoms with E-state index in [-0.39, 0.29) is 18.3 Å². The molecular formula is C15H28N2O3S. The van der Waals surface area contributed by atoms with Crippen LogP contribution < -0.4 is 5.32 Å². The van der Waals surface area contributed by atoms with E-state index in [1.165, 1.54) is 19.3 Å². The first-order valence-corrected chi connectivity index (χ1v) is 10.0. The third-order valence-electron chi connectivity index (χ3n) is 4.85. The fourth-order valence-corrected chi connectivity index (χ4v) is 4.81. The van der Waals surface area contributed by atoms with Gasteiger partial charge < -0.3 is 10.2 Å². The molecule has 0 bridgehead atoms. The Labute approximate surface area is 128 Å². The molecule has 2 rings (SSSR count). The van der Waals surface area contributed by atoms with Gasteiger partial charge in [0.15, 0.2) is 9.84 Å². The van der Waals surface area contributed by atoms with Crippen LogP contribution in [0.3, 0.4) is 0 Å². The minimum absolute atomic E-state index is 0.0632. The van der Waals surface area contributed by atoms with Gasteiger partial charge >= 0.3 is 6.03 Å². The van der Waals surface area contributed by atoms with Crippen molar-refractivity contribution in [3.63, 3.8) is 0 Å². The number of hydrogen-bond donors (Lipinski definition) is 1. The number of urea groups is 1. The highest BCUT2D eigenvalue weighted by Crippen LogP contribution is 2.27. The van der Waals surface area contributed by atoms with Gasteiger partial charge in [-0.05, 0) is 31.6 Å². The Hall–Kier alpha value is -0.780. The van der Waals surface area contributed by atoms with Crippen molar-refractivity contribution in [1.82, 2.24) is 10.2 Å². The summed E-state index contributed by atoms with van der Waals surface area (Å²) in [4.78, 5) is 13.8. The Morgan fingerprint density at radius 1 is 1.10 bits per heavy atom. The number of amides is 2. The van der Waals surface area contributed by atoms with E-state index in [1.54, 1.807) is 4.90 Å². The smallest absolute Gasteiger partial charge is 0.317 e. The van der Waals surface area contributed by atoms with E-state index < -0.39 is 9.84 Å². The van der Waals surface area contributed by atoms with Crippen molar-refractivity contribution in [2.75, 3.05) is 25.1 Å². The highest BCUT2D eigenvalue weighted by atomic mass is 32.2. The van der Waals surface area contributed by atoms with E-state index in [0.29, 0.717) is 17.7 Å². The zero-order valence-corrected chi connectivity index (χ0v) is 13.8. The summed E-state index contributed by atoms with van der Waals surface area (Å²) in [7, 11) is -1.21. The van der Waals surface area contributed by atoms with Gasteiger partial charge in [0, 0.05) is 19.6 Å². The predicted molar refractivity (Wildman–Crippen MR) is 84.0 cm³/mol. The molecule has 1 N–H and O–H groups in total. The van der Waals surface area contributed by atoms with Crippen LogP contribution in [0.25, 0.3) is 0 Å². The SMILES string of the molecule is CN(C(=O)NCCS(=O)(=O)CC1CCC1)C1CCCCC1. The molecule has 0 atom stereocenters. The summed E-state index contributed by atoms with van der Waals surface area (Å²) in [6.07, 6.45) is 8.96.